The number of primary amides is 1. The van der Waals surface area contributed by atoms with Crippen LogP contribution in [0.2, 0.25) is 0 Å². The topological polar surface area (TPSA) is 81.9 Å². The summed E-state index contributed by atoms with van der Waals surface area (Å²) in [4.78, 5) is 26.2. The van der Waals surface area contributed by atoms with Crippen LogP contribution in [0.5, 0.6) is 11.5 Å². The maximum absolute atomic E-state index is 12.8. The lowest BCUT2D eigenvalue weighted by atomic mass is 9.96. The van der Waals surface area contributed by atoms with E-state index in [-0.39, 0.29) is 29.9 Å². The number of carbonyl (C=O) groups is 2. The van der Waals surface area contributed by atoms with E-state index in [1.165, 1.54) is 13.2 Å². The summed E-state index contributed by atoms with van der Waals surface area (Å²) in [5, 5.41) is 0. The van der Waals surface area contributed by atoms with Gasteiger partial charge < -0.3 is 20.1 Å². The Morgan fingerprint density at radius 1 is 1.23 bits per heavy atom. The van der Waals surface area contributed by atoms with Gasteiger partial charge in [-0.25, -0.2) is 0 Å². The van der Waals surface area contributed by atoms with E-state index in [1.54, 1.807) is 17.0 Å². The predicted octanol–water partition coefficient (Wildman–Crippen LogP) is 2.54. The number of nitrogens with two attached hydrogens (primary N) is 1. The monoisotopic (exact) mass is 354 g/mol. The second kappa shape index (κ2) is 7.47. The molecule has 0 aliphatic carbocycles. The van der Waals surface area contributed by atoms with Crippen molar-refractivity contribution in [3.05, 3.63) is 53.6 Å². The van der Waals surface area contributed by atoms with E-state index in [0.29, 0.717) is 5.75 Å². The standard InChI is InChI=1S/C20H22N2O4/c1-13-7-8-14-5-3-4-6-17(14)22(13)19(23)12-26-18-11-15(25-2)9-10-16(18)20(21)24/h3-6,9-11,13H,7-8,12H2,1-2H3,(H2,21,24). The Bertz CT molecular complexity index is 834. The molecule has 2 aromatic carbocycles. The van der Waals surface area contributed by atoms with E-state index in [1.807, 2.05) is 31.2 Å². The van der Waals surface area contributed by atoms with E-state index in [0.717, 1.165) is 24.1 Å². The number of aryl methyl sites for hydroxylation is 1. The second-order valence-electron chi connectivity index (χ2n) is 6.30. The molecule has 0 spiro atoms. The highest BCUT2D eigenvalue weighted by Gasteiger charge is 2.28. The molecule has 0 saturated heterocycles. The van der Waals surface area contributed by atoms with Gasteiger partial charge in [-0.1, -0.05) is 18.2 Å². The van der Waals surface area contributed by atoms with Gasteiger partial charge in [0.05, 0.1) is 12.7 Å². The highest BCUT2D eigenvalue weighted by molar-refractivity contribution is 5.97. The SMILES string of the molecule is COc1ccc(C(N)=O)c(OCC(=O)N2c3ccccc3CCC2C)c1. The number of rotatable bonds is 5. The Morgan fingerprint density at radius 2 is 2.00 bits per heavy atom. The normalized spacial score (nSPS) is 15.9. The summed E-state index contributed by atoms with van der Waals surface area (Å²) in [6.07, 6.45) is 1.85. The summed E-state index contributed by atoms with van der Waals surface area (Å²) >= 11 is 0. The maximum atomic E-state index is 12.8. The Hall–Kier alpha value is -3.02. The van der Waals surface area contributed by atoms with Gasteiger partial charge in [0, 0.05) is 17.8 Å². The predicted molar refractivity (Wildman–Crippen MR) is 98.7 cm³/mol. The lowest BCUT2D eigenvalue weighted by Gasteiger charge is -2.35. The largest absolute Gasteiger partial charge is 0.497 e. The van der Waals surface area contributed by atoms with Crippen LogP contribution < -0.4 is 20.1 Å². The number of methoxy groups -OCH3 is 1. The summed E-state index contributed by atoms with van der Waals surface area (Å²) in [7, 11) is 1.51. The molecule has 1 unspecified atom stereocenters. The van der Waals surface area contributed by atoms with E-state index < -0.39 is 5.91 Å². The van der Waals surface area contributed by atoms with Crippen molar-refractivity contribution in [3.8, 4) is 11.5 Å². The van der Waals surface area contributed by atoms with Gasteiger partial charge in [0.15, 0.2) is 6.61 Å². The first-order valence-corrected chi connectivity index (χ1v) is 8.52. The minimum absolute atomic E-state index is 0.0851. The van der Waals surface area contributed by atoms with Crippen molar-refractivity contribution in [2.75, 3.05) is 18.6 Å². The number of hydrogen-bond donors (Lipinski definition) is 1. The first-order chi connectivity index (χ1) is 12.5. The van der Waals surface area contributed by atoms with E-state index in [9.17, 15) is 9.59 Å². The highest BCUT2D eigenvalue weighted by atomic mass is 16.5. The minimum Gasteiger partial charge on any atom is -0.497 e. The second-order valence-corrected chi connectivity index (χ2v) is 6.30. The first kappa shape index (κ1) is 17.8. The zero-order valence-electron chi connectivity index (χ0n) is 14.9. The maximum Gasteiger partial charge on any atom is 0.265 e. The lowest BCUT2D eigenvalue weighted by molar-refractivity contribution is -0.121. The minimum atomic E-state index is -0.619. The molecular weight excluding hydrogens is 332 g/mol. The molecule has 1 aliphatic rings. The van der Waals surface area contributed by atoms with E-state index in [2.05, 4.69) is 0 Å². The summed E-state index contributed by atoms with van der Waals surface area (Å²) in [6.45, 7) is 1.83. The van der Waals surface area contributed by atoms with Gasteiger partial charge in [-0.15, -0.1) is 0 Å². The fraction of sp³-hybridized carbons (Fsp3) is 0.300. The average Bonchev–Trinajstić information content (AvgIpc) is 2.65. The van der Waals surface area contributed by atoms with Crippen molar-refractivity contribution in [1.29, 1.82) is 0 Å². The molecule has 26 heavy (non-hydrogen) atoms. The van der Waals surface area contributed by atoms with Crippen molar-refractivity contribution in [1.82, 2.24) is 0 Å². The molecule has 0 saturated carbocycles. The zero-order valence-corrected chi connectivity index (χ0v) is 14.9. The molecule has 1 heterocycles. The molecule has 0 radical (unpaired) electrons. The van der Waals surface area contributed by atoms with Gasteiger partial charge in [0.25, 0.3) is 11.8 Å². The molecule has 6 heteroatoms. The number of nitrogens with zero attached hydrogens (tertiary/aromatic N) is 1. The summed E-state index contributed by atoms with van der Waals surface area (Å²) < 4.78 is 10.8. The van der Waals surface area contributed by atoms with Gasteiger partial charge in [0.2, 0.25) is 0 Å². The number of para-hydroxylation sites is 1. The Labute approximate surface area is 152 Å². The van der Waals surface area contributed by atoms with Crippen LogP contribution in [0.15, 0.2) is 42.5 Å². The van der Waals surface area contributed by atoms with Gasteiger partial charge in [-0.05, 0) is 43.5 Å². The van der Waals surface area contributed by atoms with Crippen LogP contribution in [-0.2, 0) is 11.2 Å². The number of benzene rings is 2. The first-order valence-electron chi connectivity index (χ1n) is 8.52. The van der Waals surface area contributed by atoms with Crippen molar-refractivity contribution >= 4 is 17.5 Å². The molecule has 1 aliphatic heterocycles. The van der Waals surface area contributed by atoms with Gasteiger partial charge in [-0.2, -0.15) is 0 Å². The van der Waals surface area contributed by atoms with Gasteiger partial charge in [-0.3, -0.25) is 9.59 Å². The van der Waals surface area contributed by atoms with Crippen LogP contribution in [0.3, 0.4) is 0 Å². The van der Waals surface area contributed by atoms with Gasteiger partial charge >= 0.3 is 0 Å². The van der Waals surface area contributed by atoms with Crippen LogP contribution in [-0.4, -0.2) is 31.6 Å². The average molecular weight is 354 g/mol. The van der Waals surface area contributed by atoms with Crippen molar-refractivity contribution in [2.45, 2.75) is 25.8 Å². The highest BCUT2D eigenvalue weighted by Crippen LogP contribution is 2.31. The number of anilines is 1. The smallest absolute Gasteiger partial charge is 0.265 e. The van der Waals surface area contributed by atoms with Crippen LogP contribution in [0.4, 0.5) is 5.69 Å². The van der Waals surface area contributed by atoms with Crippen molar-refractivity contribution < 1.29 is 19.1 Å². The van der Waals surface area contributed by atoms with Crippen LogP contribution in [0.25, 0.3) is 0 Å². The van der Waals surface area contributed by atoms with Crippen LogP contribution in [0.1, 0.15) is 29.3 Å². The van der Waals surface area contributed by atoms with E-state index >= 15 is 0 Å². The molecule has 136 valence electrons. The third kappa shape index (κ3) is 3.49. The van der Waals surface area contributed by atoms with Crippen LogP contribution >= 0.6 is 0 Å². The summed E-state index contributed by atoms with van der Waals surface area (Å²) in [5.41, 5.74) is 7.67. The van der Waals surface area contributed by atoms with Crippen molar-refractivity contribution in [2.24, 2.45) is 5.73 Å². The number of hydrogen-bond acceptors (Lipinski definition) is 4. The molecular formula is C20H22N2O4. The Balaban J connectivity index is 1.80. The van der Waals surface area contributed by atoms with Crippen molar-refractivity contribution in [3.63, 3.8) is 0 Å². The molecule has 3 rings (SSSR count). The third-order valence-corrected chi connectivity index (χ3v) is 4.60. The van der Waals surface area contributed by atoms with E-state index in [4.69, 9.17) is 15.2 Å². The number of amides is 2. The lowest BCUT2D eigenvalue weighted by Crippen LogP contribution is -2.44. The summed E-state index contributed by atoms with van der Waals surface area (Å²) in [5.74, 6) is -0.0213. The quantitative estimate of drug-likeness (QED) is 0.895. The number of ether oxygens (including phenoxy) is 2. The molecule has 1 atom stereocenters. The number of carbonyl (C=O) groups excluding carboxylic acids is 2. The molecule has 6 nitrogen and oxygen atoms in total. The molecule has 0 aromatic heterocycles. The Kier molecular flexibility index (Phi) is 5.11. The van der Waals surface area contributed by atoms with Crippen LogP contribution in [0, 0.1) is 0 Å². The van der Waals surface area contributed by atoms with Gasteiger partial charge in [0.1, 0.15) is 11.5 Å². The zero-order chi connectivity index (χ0) is 18.7. The summed E-state index contributed by atoms with van der Waals surface area (Å²) in [6, 6.07) is 12.7. The Morgan fingerprint density at radius 3 is 2.73 bits per heavy atom. The number of fused-ring (bicyclic) bond motifs is 1. The fourth-order valence-electron chi connectivity index (χ4n) is 3.23. The molecule has 2 amide bonds. The fourth-order valence-corrected chi connectivity index (χ4v) is 3.23. The molecule has 2 N–H and O–H groups in total. The molecule has 0 bridgehead atoms. The molecule has 2 aromatic rings. The third-order valence-electron chi connectivity index (χ3n) is 4.60. The molecule has 0 fully saturated rings.